The summed E-state index contributed by atoms with van der Waals surface area (Å²) in [6.45, 7) is 10.6. The molecule has 5 heteroatoms. The maximum absolute atomic E-state index is 13.1. The average Bonchev–Trinajstić information content (AvgIpc) is 2.97. The zero-order valence-corrected chi connectivity index (χ0v) is 16.9. The molecule has 1 aromatic carbocycles. The first-order valence-corrected chi connectivity index (χ1v) is 9.47. The van der Waals surface area contributed by atoms with Crippen LogP contribution in [0.3, 0.4) is 0 Å². The zero-order valence-electron chi connectivity index (χ0n) is 16.9. The Morgan fingerprint density at radius 3 is 2.33 bits per heavy atom. The third-order valence-corrected chi connectivity index (χ3v) is 4.77. The lowest BCUT2D eigenvalue weighted by Crippen LogP contribution is -2.39. The van der Waals surface area contributed by atoms with E-state index in [-0.39, 0.29) is 24.3 Å². The summed E-state index contributed by atoms with van der Waals surface area (Å²) in [5.74, 6) is 1.53. The maximum atomic E-state index is 13.1. The number of nitrogens with zero attached hydrogens (tertiary/aromatic N) is 1. The molecule has 0 saturated heterocycles. The molecule has 0 saturated carbocycles. The summed E-state index contributed by atoms with van der Waals surface area (Å²) < 4.78 is 5.51. The lowest BCUT2D eigenvalue weighted by Gasteiger charge is -2.23. The second-order valence-electron chi connectivity index (χ2n) is 7.39. The minimum Gasteiger partial charge on any atom is -0.466 e. The molecule has 0 fully saturated rings. The number of rotatable bonds is 8. The van der Waals surface area contributed by atoms with Crippen molar-refractivity contribution in [3.63, 3.8) is 0 Å². The number of hydrogen-bond acceptors (Lipinski definition) is 3. The van der Waals surface area contributed by atoms with E-state index in [0.29, 0.717) is 36.1 Å². The van der Waals surface area contributed by atoms with Crippen molar-refractivity contribution in [1.29, 1.82) is 0 Å². The molecule has 146 valence electrons. The smallest absolute Gasteiger partial charge is 0.257 e. The highest BCUT2D eigenvalue weighted by molar-refractivity contribution is 5.95. The third-order valence-electron chi connectivity index (χ3n) is 4.77. The van der Waals surface area contributed by atoms with Crippen molar-refractivity contribution >= 4 is 11.8 Å². The van der Waals surface area contributed by atoms with E-state index in [0.717, 1.165) is 5.56 Å². The number of aryl methyl sites for hydroxylation is 2. The molecule has 2 rings (SSSR count). The lowest BCUT2D eigenvalue weighted by molar-refractivity contribution is -0.122. The Morgan fingerprint density at radius 2 is 1.78 bits per heavy atom. The zero-order chi connectivity index (χ0) is 20.0. The van der Waals surface area contributed by atoms with Crippen LogP contribution in [0, 0.1) is 19.8 Å². The molecule has 2 amide bonds. The van der Waals surface area contributed by atoms with Gasteiger partial charge in [-0.25, -0.2) is 0 Å². The van der Waals surface area contributed by atoms with Gasteiger partial charge in [0.15, 0.2) is 0 Å². The predicted octanol–water partition coefficient (Wildman–Crippen LogP) is 4.09. The molecular formula is C22H30N2O3. The van der Waals surface area contributed by atoms with Gasteiger partial charge in [-0.15, -0.1) is 0 Å². The van der Waals surface area contributed by atoms with Crippen LogP contribution in [0.15, 0.2) is 40.8 Å². The quantitative estimate of drug-likeness (QED) is 0.761. The average molecular weight is 370 g/mol. The Labute approximate surface area is 161 Å². The highest BCUT2D eigenvalue weighted by Gasteiger charge is 2.22. The molecule has 0 spiro atoms. The van der Waals surface area contributed by atoms with Crippen LogP contribution in [0.2, 0.25) is 0 Å². The highest BCUT2D eigenvalue weighted by Crippen LogP contribution is 2.18. The van der Waals surface area contributed by atoms with Crippen LogP contribution in [-0.4, -0.2) is 29.3 Å². The van der Waals surface area contributed by atoms with Gasteiger partial charge in [-0.1, -0.05) is 44.2 Å². The minimum atomic E-state index is -0.113. The molecule has 0 aliphatic carbocycles. The van der Waals surface area contributed by atoms with E-state index in [1.54, 1.807) is 17.9 Å². The van der Waals surface area contributed by atoms with Gasteiger partial charge >= 0.3 is 0 Å². The van der Waals surface area contributed by atoms with Crippen molar-refractivity contribution in [1.82, 2.24) is 10.2 Å². The van der Waals surface area contributed by atoms with Crippen LogP contribution in [0.1, 0.15) is 54.6 Å². The van der Waals surface area contributed by atoms with Gasteiger partial charge in [0.1, 0.15) is 11.5 Å². The van der Waals surface area contributed by atoms with E-state index >= 15 is 0 Å². The second-order valence-corrected chi connectivity index (χ2v) is 7.39. The van der Waals surface area contributed by atoms with Gasteiger partial charge in [-0.2, -0.15) is 0 Å². The first kappa shape index (κ1) is 20.7. The summed E-state index contributed by atoms with van der Waals surface area (Å²) in [4.78, 5) is 27.1. The van der Waals surface area contributed by atoms with E-state index in [4.69, 9.17) is 4.42 Å². The summed E-state index contributed by atoms with van der Waals surface area (Å²) in [5, 5.41) is 3.00. The molecule has 0 radical (unpaired) electrons. The van der Waals surface area contributed by atoms with E-state index in [9.17, 15) is 9.59 Å². The van der Waals surface area contributed by atoms with Gasteiger partial charge in [0.05, 0.1) is 5.56 Å². The van der Waals surface area contributed by atoms with Crippen molar-refractivity contribution < 1.29 is 14.0 Å². The summed E-state index contributed by atoms with van der Waals surface area (Å²) in [6, 6.07) is 11.7. The summed E-state index contributed by atoms with van der Waals surface area (Å²) in [5.41, 5.74) is 1.58. The van der Waals surface area contributed by atoms with Gasteiger partial charge in [-0.05, 0) is 38.3 Å². The summed E-state index contributed by atoms with van der Waals surface area (Å²) >= 11 is 0. The van der Waals surface area contributed by atoms with Gasteiger partial charge in [0.2, 0.25) is 5.91 Å². The first-order chi connectivity index (χ1) is 12.8. The van der Waals surface area contributed by atoms with Crippen LogP contribution >= 0.6 is 0 Å². The molecule has 1 aromatic heterocycles. The molecule has 1 atom stereocenters. The Kier molecular flexibility index (Phi) is 7.22. The van der Waals surface area contributed by atoms with E-state index in [1.165, 1.54) is 0 Å². The fourth-order valence-electron chi connectivity index (χ4n) is 2.80. The van der Waals surface area contributed by atoms with Crippen LogP contribution < -0.4 is 5.32 Å². The van der Waals surface area contributed by atoms with Crippen molar-refractivity contribution in [3.05, 3.63) is 59.0 Å². The predicted molar refractivity (Wildman–Crippen MR) is 106 cm³/mol. The summed E-state index contributed by atoms with van der Waals surface area (Å²) in [6.07, 6.45) is 0.269. The largest absolute Gasteiger partial charge is 0.466 e. The Balaban J connectivity index is 2.11. The number of carbonyl (C=O) groups excluding carboxylic acids is 2. The van der Waals surface area contributed by atoms with Crippen molar-refractivity contribution in [2.75, 3.05) is 6.54 Å². The number of amides is 2. The third kappa shape index (κ3) is 5.98. The number of hydrogen-bond donors (Lipinski definition) is 1. The minimum absolute atomic E-state index is 0.0397. The summed E-state index contributed by atoms with van der Waals surface area (Å²) in [7, 11) is 0. The first-order valence-electron chi connectivity index (χ1n) is 9.47. The van der Waals surface area contributed by atoms with Crippen LogP contribution in [-0.2, 0) is 11.3 Å². The highest BCUT2D eigenvalue weighted by atomic mass is 16.3. The lowest BCUT2D eigenvalue weighted by atomic mass is 10.1. The second kappa shape index (κ2) is 9.40. The number of furan rings is 1. The van der Waals surface area contributed by atoms with Crippen molar-refractivity contribution in [2.45, 2.75) is 53.6 Å². The van der Waals surface area contributed by atoms with Gasteiger partial charge in [0.25, 0.3) is 5.91 Å². The van der Waals surface area contributed by atoms with Crippen molar-refractivity contribution in [2.24, 2.45) is 5.92 Å². The Hall–Kier alpha value is -2.56. The van der Waals surface area contributed by atoms with Crippen LogP contribution in [0.4, 0.5) is 0 Å². The molecule has 0 aliphatic rings. The Bertz CT molecular complexity index is 765. The molecule has 1 heterocycles. The standard InChI is InChI=1S/C22H30N2O3/c1-15(2)17(4)23-21(25)11-12-24(14-19-9-7-6-8-10-19)22(26)20-13-16(3)27-18(20)5/h6-10,13,15,17H,11-12,14H2,1-5H3,(H,23,25). The molecule has 5 nitrogen and oxygen atoms in total. The molecule has 1 unspecified atom stereocenters. The van der Waals surface area contributed by atoms with Gasteiger partial charge < -0.3 is 14.6 Å². The molecule has 0 aliphatic heterocycles. The van der Waals surface area contributed by atoms with E-state index in [1.807, 2.05) is 44.2 Å². The topological polar surface area (TPSA) is 62.6 Å². The number of carbonyl (C=O) groups is 2. The molecule has 1 N–H and O–H groups in total. The maximum Gasteiger partial charge on any atom is 0.257 e. The Morgan fingerprint density at radius 1 is 1.11 bits per heavy atom. The van der Waals surface area contributed by atoms with Crippen LogP contribution in [0.25, 0.3) is 0 Å². The molecule has 27 heavy (non-hydrogen) atoms. The van der Waals surface area contributed by atoms with Crippen molar-refractivity contribution in [3.8, 4) is 0 Å². The van der Waals surface area contributed by atoms with E-state index in [2.05, 4.69) is 19.2 Å². The number of benzene rings is 1. The number of nitrogens with one attached hydrogen (secondary N) is 1. The molecular weight excluding hydrogens is 340 g/mol. The molecule has 2 aromatic rings. The van der Waals surface area contributed by atoms with Gasteiger partial charge in [0, 0.05) is 25.6 Å². The SMILES string of the molecule is Cc1cc(C(=O)N(CCC(=O)NC(C)C(C)C)Cc2ccccc2)c(C)o1. The van der Waals surface area contributed by atoms with E-state index < -0.39 is 0 Å². The normalized spacial score (nSPS) is 12.1. The monoisotopic (exact) mass is 370 g/mol. The van der Waals surface area contributed by atoms with Crippen LogP contribution in [0.5, 0.6) is 0 Å². The van der Waals surface area contributed by atoms with Gasteiger partial charge in [-0.3, -0.25) is 9.59 Å². The molecule has 0 bridgehead atoms. The fourth-order valence-corrected chi connectivity index (χ4v) is 2.80. The fraction of sp³-hybridized carbons (Fsp3) is 0.455.